The predicted octanol–water partition coefficient (Wildman–Crippen LogP) is 3.99. The minimum absolute atomic E-state index is 0.0803. The molecule has 174 valence electrons. The van der Waals surface area contributed by atoms with Gasteiger partial charge in [-0.25, -0.2) is 0 Å². The third-order valence-electron chi connectivity index (χ3n) is 7.48. The van der Waals surface area contributed by atoms with Gasteiger partial charge in [-0.3, -0.25) is 24.1 Å². The number of amides is 2. The van der Waals surface area contributed by atoms with E-state index >= 15 is 0 Å². The van der Waals surface area contributed by atoms with Crippen LogP contribution in [0.1, 0.15) is 49.1 Å². The number of ketones is 2. The van der Waals surface area contributed by atoms with Gasteiger partial charge in [-0.05, 0) is 25.0 Å². The molecule has 6 nitrogen and oxygen atoms in total. The molecule has 0 bridgehead atoms. The van der Waals surface area contributed by atoms with Gasteiger partial charge < -0.3 is 4.74 Å². The number of ether oxygens (including phenoxy) is 1. The van der Waals surface area contributed by atoms with E-state index in [-0.39, 0.29) is 17.7 Å². The highest BCUT2D eigenvalue weighted by Crippen LogP contribution is 2.57. The molecule has 0 saturated carbocycles. The first kappa shape index (κ1) is 21.6. The lowest BCUT2D eigenvalue weighted by atomic mass is 9.77. The Morgan fingerprint density at radius 3 is 1.86 bits per heavy atom. The average Bonchev–Trinajstić information content (AvgIpc) is 3.42. The Bertz CT molecular complexity index is 1370. The summed E-state index contributed by atoms with van der Waals surface area (Å²) in [5.41, 5.74) is 1.99. The Morgan fingerprint density at radius 1 is 0.743 bits per heavy atom. The molecule has 3 aliphatic rings. The van der Waals surface area contributed by atoms with E-state index in [1.807, 2.05) is 62.4 Å². The first-order valence-corrected chi connectivity index (χ1v) is 11.7. The normalized spacial score (nSPS) is 24.4. The van der Waals surface area contributed by atoms with E-state index in [2.05, 4.69) is 0 Å². The van der Waals surface area contributed by atoms with Crippen molar-refractivity contribution in [3.63, 3.8) is 0 Å². The first-order chi connectivity index (χ1) is 16.8. The fraction of sp³-hybridized carbons (Fsp3) is 0.241. The molecule has 2 saturated heterocycles. The SMILES string of the molecule is Cc1ccc(CN2C(=O)[C@H]3[C@@H](c4ccc(C)cc4)OC4(C(=O)c5ccccc5C4=O)[C@@H]3C2=O)cc1. The summed E-state index contributed by atoms with van der Waals surface area (Å²) in [5, 5.41) is 0. The summed E-state index contributed by atoms with van der Waals surface area (Å²) < 4.78 is 6.30. The summed E-state index contributed by atoms with van der Waals surface area (Å²) in [6.07, 6.45) is -0.887. The van der Waals surface area contributed by atoms with Gasteiger partial charge in [-0.2, -0.15) is 0 Å². The van der Waals surface area contributed by atoms with Gasteiger partial charge in [0, 0.05) is 11.1 Å². The summed E-state index contributed by atoms with van der Waals surface area (Å²) in [6, 6.07) is 21.5. The van der Waals surface area contributed by atoms with E-state index in [0.717, 1.165) is 16.7 Å². The highest BCUT2D eigenvalue weighted by atomic mass is 16.5. The molecule has 0 radical (unpaired) electrons. The van der Waals surface area contributed by atoms with E-state index in [9.17, 15) is 19.2 Å². The standard InChI is InChI=1S/C29H23NO5/c1-16-7-11-18(12-8-16)15-30-27(33)22-23(28(30)34)29(35-24(22)19-13-9-17(2)10-14-19)25(31)20-5-3-4-6-21(20)26(29)32/h3-14,22-24H,15H2,1-2H3/t22-,23+,24-/m1/s1. The van der Waals surface area contributed by atoms with Crippen molar-refractivity contribution < 1.29 is 23.9 Å². The Balaban J connectivity index is 1.48. The summed E-state index contributed by atoms with van der Waals surface area (Å²) in [5.74, 6) is -4.21. The molecule has 2 amide bonds. The van der Waals surface area contributed by atoms with Crippen molar-refractivity contribution in [2.75, 3.05) is 0 Å². The number of carbonyl (C=O) groups is 4. The Hall–Kier alpha value is -3.90. The maximum atomic E-state index is 13.8. The lowest BCUT2D eigenvalue weighted by Gasteiger charge is -2.27. The van der Waals surface area contributed by atoms with Gasteiger partial charge in [0.15, 0.2) is 0 Å². The van der Waals surface area contributed by atoms with Crippen molar-refractivity contribution in [2.24, 2.45) is 11.8 Å². The average molecular weight is 466 g/mol. The van der Waals surface area contributed by atoms with Gasteiger partial charge in [0.25, 0.3) is 0 Å². The highest BCUT2D eigenvalue weighted by Gasteiger charge is 2.74. The van der Waals surface area contributed by atoms with E-state index in [1.54, 1.807) is 24.3 Å². The molecule has 0 N–H and O–H groups in total. The molecular formula is C29H23NO5. The van der Waals surface area contributed by atoms with Crippen molar-refractivity contribution in [1.29, 1.82) is 0 Å². The van der Waals surface area contributed by atoms with Gasteiger partial charge in [-0.15, -0.1) is 0 Å². The maximum absolute atomic E-state index is 13.8. The lowest BCUT2D eigenvalue weighted by Crippen LogP contribution is -2.50. The molecule has 6 heteroatoms. The zero-order valence-corrected chi connectivity index (χ0v) is 19.4. The van der Waals surface area contributed by atoms with Crippen LogP contribution in [0.2, 0.25) is 0 Å². The number of rotatable bonds is 3. The van der Waals surface area contributed by atoms with Crippen molar-refractivity contribution in [3.05, 3.63) is 106 Å². The van der Waals surface area contributed by atoms with E-state index in [0.29, 0.717) is 5.56 Å². The molecule has 3 aromatic carbocycles. The van der Waals surface area contributed by atoms with Gasteiger partial charge in [0.1, 0.15) is 0 Å². The largest absolute Gasteiger partial charge is 0.349 e. The van der Waals surface area contributed by atoms with Crippen LogP contribution in [0.25, 0.3) is 0 Å². The van der Waals surface area contributed by atoms with Crippen LogP contribution in [0.4, 0.5) is 0 Å². The second-order valence-corrected chi connectivity index (χ2v) is 9.64. The van der Waals surface area contributed by atoms with Crippen LogP contribution in [-0.4, -0.2) is 33.9 Å². The maximum Gasteiger partial charge on any atom is 0.237 e. The molecule has 35 heavy (non-hydrogen) atoms. The molecular weight excluding hydrogens is 442 g/mol. The van der Waals surface area contributed by atoms with Gasteiger partial charge >= 0.3 is 0 Å². The van der Waals surface area contributed by atoms with Crippen LogP contribution in [-0.2, 0) is 20.9 Å². The van der Waals surface area contributed by atoms with E-state index < -0.39 is 46.9 Å². The summed E-state index contributed by atoms with van der Waals surface area (Å²) in [4.78, 5) is 56.2. The summed E-state index contributed by atoms with van der Waals surface area (Å²) in [6.45, 7) is 3.98. The van der Waals surface area contributed by atoms with E-state index in [1.165, 1.54) is 4.90 Å². The quantitative estimate of drug-likeness (QED) is 0.432. The van der Waals surface area contributed by atoms with Crippen molar-refractivity contribution in [2.45, 2.75) is 32.1 Å². The number of hydrogen-bond donors (Lipinski definition) is 0. The lowest BCUT2D eigenvalue weighted by molar-refractivity contribution is -0.145. The molecule has 3 atom stereocenters. The topological polar surface area (TPSA) is 80.8 Å². The second kappa shape index (κ2) is 7.55. The van der Waals surface area contributed by atoms with Crippen LogP contribution < -0.4 is 0 Å². The Morgan fingerprint density at radius 2 is 1.29 bits per heavy atom. The van der Waals surface area contributed by atoms with Crippen molar-refractivity contribution in [3.8, 4) is 0 Å². The summed E-state index contributed by atoms with van der Waals surface area (Å²) >= 11 is 0. The Labute approximate surface area is 202 Å². The molecule has 3 aromatic rings. The minimum Gasteiger partial charge on any atom is -0.349 e. The van der Waals surface area contributed by atoms with Crippen LogP contribution in [0.5, 0.6) is 0 Å². The molecule has 1 aliphatic carbocycles. The Kier molecular flexibility index (Phi) is 4.66. The number of fused-ring (bicyclic) bond motifs is 3. The zero-order chi connectivity index (χ0) is 24.5. The number of hydrogen-bond acceptors (Lipinski definition) is 5. The van der Waals surface area contributed by atoms with Crippen molar-refractivity contribution >= 4 is 23.4 Å². The molecule has 6 rings (SSSR count). The van der Waals surface area contributed by atoms with Gasteiger partial charge in [0.05, 0.1) is 24.5 Å². The fourth-order valence-corrected chi connectivity index (χ4v) is 5.67. The van der Waals surface area contributed by atoms with Crippen molar-refractivity contribution in [1.82, 2.24) is 4.90 Å². The fourth-order valence-electron chi connectivity index (χ4n) is 5.67. The highest BCUT2D eigenvalue weighted by molar-refractivity contribution is 6.35. The minimum atomic E-state index is -2.03. The third-order valence-corrected chi connectivity index (χ3v) is 7.48. The van der Waals surface area contributed by atoms with Gasteiger partial charge in [0.2, 0.25) is 29.0 Å². The molecule has 1 spiro atoms. The predicted molar refractivity (Wildman–Crippen MR) is 127 cm³/mol. The van der Waals surface area contributed by atoms with Crippen LogP contribution in [0.15, 0.2) is 72.8 Å². The molecule has 2 heterocycles. The first-order valence-electron chi connectivity index (χ1n) is 11.7. The van der Waals surface area contributed by atoms with Crippen LogP contribution in [0.3, 0.4) is 0 Å². The molecule has 2 fully saturated rings. The van der Waals surface area contributed by atoms with Crippen LogP contribution in [0, 0.1) is 25.7 Å². The number of Topliss-reactive ketones (excluding diaryl/α,β-unsaturated/α-hetero) is 2. The molecule has 0 aromatic heterocycles. The number of benzene rings is 3. The molecule has 0 unspecified atom stereocenters. The van der Waals surface area contributed by atoms with Gasteiger partial charge in [-0.1, -0.05) is 83.9 Å². The third kappa shape index (κ3) is 2.93. The van der Waals surface area contributed by atoms with E-state index in [4.69, 9.17) is 4.74 Å². The number of aryl methyl sites for hydroxylation is 2. The number of carbonyl (C=O) groups excluding carboxylic acids is 4. The second-order valence-electron chi connectivity index (χ2n) is 9.64. The smallest absolute Gasteiger partial charge is 0.237 e. The van der Waals surface area contributed by atoms with Crippen LogP contribution >= 0.6 is 0 Å². The number of likely N-dealkylation sites (tertiary alicyclic amines) is 1. The molecule has 2 aliphatic heterocycles. The number of nitrogens with zero attached hydrogens (tertiary/aromatic N) is 1. The number of imide groups is 1. The zero-order valence-electron chi connectivity index (χ0n) is 19.4. The summed E-state index contributed by atoms with van der Waals surface area (Å²) in [7, 11) is 0. The monoisotopic (exact) mass is 465 g/mol.